The number of ether oxygens (including phenoxy) is 3. The molecule has 0 saturated carbocycles. The van der Waals surface area contributed by atoms with Gasteiger partial charge in [0.2, 0.25) is 0 Å². The Hall–Kier alpha value is -7.57. The Morgan fingerprint density at radius 3 is 1.92 bits per heavy atom. The molecule has 84 heavy (non-hydrogen) atoms. The van der Waals surface area contributed by atoms with E-state index >= 15 is 17.6 Å². The Morgan fingerprint density at radius 2 is 1.32 bits per heavy atom. The lowest BCUT2D eigenvalue weighted by atomic mass is 9.92. The van der Waals surface area contributed by atoms with Crippen molar-refractivity contribution < 1.29 is 72.5 Å². The topological polar surface area (TPSA) is 229 Å². The van der Waals surface area contributed by atoms with Gasteiger partial charge in [-0.05, 0) is 76.3 Å². The molecule has 0 fully saturated rings. The maximum atomic E-state index is 16.1. The first-order chi connectivity index (χ1) is 39.7. The average Bonchev–Trinajstić information content (AvgIpc) is 2.39. The Kier molecular flexibility index (Phi) is 20.9. The van der Waals surface area contributed by atoms with Crippen molar-refractivity contribution in [2.75, 3.05) is 37.4 Å². The summed E-state index contributed by atoms with van der Waals surface area (Å²) in [6, 6.07) is 27.7. The maximum Gasteiger partial charge on any atom is 0.407 e. The third-order valence-electron chi connectivity index (χ3n) is 13.3. The van der Waals surface area contributed by atoms with Gasteiger partial charge in [-0.15, -0.1) is 15.9 Å². The van der Waals surface area contributed by atoms with Crippen LogP contribution < -0.4 is 20.1 Å². The van der Waals surface area contributed by atoms with E-state index in [4.69, 9.17) is 28.7 Å². The van der Waals surface area contributed by atoms with E-state index < -0.39 is 108 Å². The Bertz CT molecular complexity index is 3830. The molecule has 1 aliphatic carbocycles. The zero-order valence-corrected chi connectivity index (χ0v) is 49.7. The molecular formula is C61H64F4N4O12S3. The number of benzene rings is 6. The number of fused-ring (bicyclic) bond motifs is 2. The van der Waals surface area contributed by atoms with Crippen LogP contribution in [0.15, 0.2) is 134 Å². The molecule has 1 heterocycles. The number of carboxylic acid groups (broad SMARTS) is 1. The van der Waals surface area contributed by atoms with Crippen LogP contribution in [-0.2, 0) is 43.8 Å². The largest absolute Gasteiger partial charge is 0.481 e. The Balaban J connectivity index is 1.29. The minimum atomic E-state index is -6.06. The summed E-state index contributed by atoms with van der Waals surface area (Å²) in [6.07, 6.45) is -2.15. The van der Waals surface area contributed by atoms with E-state index in [0.717, 1.165) is 45.8 Å². The van der Waals surface area contributed by atoms with Gasteiger partial charge < -0.3 is 34.4 Å². The number of amides is 1. The number of carbonyl (C=O) groups excluding carboxylic acids is 2. The van der Waals surface area contributed by atoms with Crippen molar-refractivity contribution in [2.45, 2.75) is 106 Å². The van der Waals surface area contributed by atoms with E-state index in [1.165, 1.54) is 22.3 Å². The first-order valence-electron chi connectivity index (χ1n) is 26.7. The number of nitrogens with zero attached hydrogens (tertiary/aromatic N) is 1. The summed E-state index contributed by atoms with van der Waals surface area (Å²) in [5.41, 5.74) is 7.19. The monoisotopic (exact) mass is 1220 g/mol. The molecule has 0 radical (unpaired) electrons. The van der Waals surface area contributed by atoms with Crippen LogP contribution in [0.5, 0.6) is 0 Å². The number of thioether (sulfide) groups is 1. The fraction of sp³-hybridized carbons (Fsp3) is 0.311. The number of anilines is 2. The van der Waals surface area contributed by atoms with Crippen LogP contribution in [0.25, 0.3) is 33.4 Å². The van der Waals surface area contributed by atoms with E-state index in [1.807, 2.05) is 36.4 Å². The highest BCUT2D eigenvalue weighted by molar-refractivity contribution is 8.04. The molecule has 2 aliphatic rings. The Morgan fingerprint density at radius 1 is 0.714 bits per heavy atom. The van der Waals surface area contributed by atoms with Gasteiger partial charge in [-0.2, -0.15) is 0 Å². The molecule has 446 valence electrons. The van der Waals surface area contributed by atoms with Crippen LogP contribution in [0.3, 0.4) is 0 Å². The second-order valence-electron chi connectivity index (χ2n) is 20.7. The number of hydrogen-bond acceptors (Lipinski definition) is 14. The van der Waals surface area contributed by atoms with E-state index in [0.29, 0.717) is 22.0 Å². The second-order valence-corrected chi connectivity index (χ2v) is 25.2. The molecule has 7 rings (SSSR count). The van der Waals surface area contributed by atoms with E-state index in [-0.39, 0.29) is 71.1 Å². The number of carboxylic acids is 1. The zero-order valence-electron chi connectivity index (χ0n) is 47.3. The van der Waals surface area contributed by atoms with Crippen molar-refractivity contribution >= 4 is 77.9 Å². The summed E-state index contributed by atoms with van der Waals surface area (Å²) in [5, 5.41) is 15.8. The molecular weight excluding hydrogens is 1150 g/mol. The standard InChI is InChI=1S/C61H64F4N4O12S3/c1-10-51(72)79-28-26-66-61(73)80-31-39(78-27-25-50(70)71)32-82-59-53(62)55(64)60(56(65)54(59)63)84(76,77)69-83(74,75)49-20-12-11-15-46(49)52-44-23-21-37(67-57-40(33(2)3)16-13-17-41(57)34(4)5)29-47(44)81-48-30-38(22-24-45(48)52)68-58-42(35(6)7)18-14-19-43(58)36(8)9/h10-24,29-30,33-36,39,67,69H,1,25-28,31-32H2,2-9H3,(H,66,73)(H,70,71)/b68-38-. The molecule has 0 aromatic heterocycles. The minimum absolute atomic E-state index is 0.0548. The number of para-hydroxylation sites is 2. The summed E-state index contributed by atoms with van der Waals surface area (Å²) in [6.45, 7) is 18.1. The van der Waals surface area contributed by atoms with Gasteiger partial charge in [0.25, 0.3) is 20.0 Å². The van der Waals surface area contributed by atoms with Crippen LogP contribution in [0, 0.1) is 23.3 Å². The molecule has 23 heteroatoms. The molecule has 0 saturated heterocycles. The van der Waals surface area contributed by atoms with Gasteiger partial charge in [0, 0.05) is 57.4 Å². The molecule has 1 unspecified atom stereocenters. The number of rotatable bonds is 25. The number of hydrogen-bond donors (Lipinski definition) is 4. The first kappa shape index (κ1) is 64.0. The smallest absolute Gasteiger partial charge is 0.407 e. The lowest BCUT2D eigenvalue weighted by Gasteiger charge is -2.22. The van der Waals surface area contributed by atoms with Gasteiger partial charge >= 0.3 is 18.0 Å². The fourth-order valence-electron chi connectivity index (χ4n) is 9.24. The summed E-state index contributed by atoms with van der Waals surface area (Å²) in [7, 11) is -11.5. The Labute approximate surface area is 489 Å². The highest BCUT2D eigenvalue weighted by Crippen LogP contribution is 2.45. The molecule has 5 aromatic carbocycles. The normalized spacial score (nSPS) is 12.6. The second kappa shape index (κ2) is 27.4. The highest BCUT2D eigenvalue weighted by atomic mass is 32.3. The van der Waals surface area contributed by atoms with Gasteiger partial charge in [0.1, 0.15) is 30.7 Å². The van der Waals surface area contributed by atoms with Gasteiger partial charge in [0.15, 0.2) is 28.2 Å². The van der Waals surface area contributed by atoms with Gasteiger partial charge in [0.05, 0.1) is 40.4 Å². The zero-order chi connectivity index (χ0) is 61.4. The van der Waals surface area contributed by atoms with Crippen molar-refractivity contribution in [3.05, 3.63) is 161 Å². The summed E-state index contributed by atoms with van der Waals surface area (Å²) < 4.78 is 145. The highest BCUT2D eigenvalue weighted by Gasteiger charge is 2.38. The average molecular weight is 1220 g/mol. The van der Waals surface area contributed by atoms with E-state index in [2.05, 4.69) is 72.6 Å². The van der Waals surface area contributed by atoms with Crippen molar-refractivity contribution in [3.63, 3.8) is 0 Å². The predicted octanol–water partition coefficient (Wildman–Crippen LogP) is 13.3. The number of alkyl carbamates (subject to hydrolysis) is 1. The van der Waals surface area contributed by atoms with Gasteiger partial charge in [-0.25, -0.2) is 49.0 Å². The third-order valence-corrected chi connectivity index (χ3v) is 18.1. The molecule has 1 aliphatic heterocycles. The first-order valence-corrected chi connectivity index (χ1v) is 30.7. The SMILES string of the molecule is C=CC(=O)OCCNC(=O)OCC(CSc1c(F)c(F)c(S(=O)(=O)NS(=O)(=O)c2ccccc2-c2c3cc/c(=N/c4c(C(C)C)cccc4C(C)C)cc-3oc3cc(Nc4c(C(C)C)cccc4C(C)C)ccc23)c(F)c1F)OCCC(=O)O. The number of aliphatic carboxylic acids is 1. The van der Waals surface area contributed by atoms with Gasteiger partial charge in [-0.3, -0.25) is 4.79 Å². The van der Waals surface area contributed by atoms with Crippen LogP contribution in [0.4, 0.5) is 39.4 Å². The molecule has 0 bridgehead atoms. The molecule has 1 atom stereocenters. The lowest BCUT2D eigenvalue weighted by Crippen LogP contribution is -2.33. The maximum absolute atomic E-state index is 16.1. The van der Waals surface area contributed by atoms with Crippen LogP contribution in [0.2, 0.25) is 0 Å². The van der Waals surface area contributed by atoms with Crippen LogP contribution in [0.1, 0.15) is 108 Å². The summed E-state index contributed by atoms with van der Waals surface area (Å²) in [5.74, 6) is -11.4. The fourth-order valence-corrected chi connectivity index (χ4v) is 13.4. The van der Waals surface area contributed by atoms with E-state index in [1.54, 1.807) is 36.4 Å². The molecule has 4 N–H and O–H groups in total. The lowest BCUT2D eigenvalue weighted by molar-refractivity contribution is -0.139. The van der Waals surface area contributed by atoms with E-state index in [9.17, 15) is 31.2 Å². The number of esters is 1. The number of carbonyl (C=O) groups is 3. The molecule has 0 spiro atoms. The molecule has 16 nitrogen and oxygen atoms in total. The van der Waals surface area contributed by atoms with Crippen molar-refractivity contribution in [2.24, 2.45) is 4.99 Å². The quantitative estimate of drug-likeness (QED) is 0.00794. The van der Waals surface area contributed by atoms with Gasteiger partial charge in [-0.1, -0.05) is 117 Å². The molecule has 5 aromatic rings. The third kappa shape index (κ3) is 14.8. The van der Waals surface area contributed by atoms with Crippen molar-refractivity contribution in [1.82, 2.24) is 9.44 Å². The molecule has 1 amide bonds. The summed E-state index contributed by atoms with van der Waals surface area (Å²) in [4.78, 5) is 35.4. The number of nitrogens with one attached hydrogen (secondary N) is 3. The van der Waals surface area contributed by atoms with Crippen molar-refractivity contribution in [1.29, 1.82) is 0 Å². The number of sulfonamides is 2. The van der Waals surface area contributed by atoms with Crippen LogP contribution >= 0.6 is 11.8 Å². The predicted molar refractivity (Wildman–Crippen MR) is 313 cm³/mol. The van der Waals surface area contributed by atoms with Crippen LogP contribution in [-0.4, -0.2) is 78.2 Å². The minimum Gasteiger partial charge on any atom is -0.481 e. The van der Waals surface area contributed by atoms with Crippen molar-refractivity contribution in [3.8, 4) is 22.5 Å². The summed E-state index contributed by atoms with van der Waals surface area (Å²) >= 11 is 0.0548. The number of halogens is 4.